The minimum atomic E-state index is 0.725. The van der Waals surface area contributed by atoms with Gasteiger partial charge in [-0.1, -0.05) is 5.57 Å². The Labute approximate surface area is 76.4 Å². The molecule has 0 aromatic rings. The predicted molar refractivity (Wildman–Crippen MR) is 55.2 cm³/mol. The highest BCUT2D eigenvalue weighted by Crippen LogP contribution is 2.19. The maximum atomic E-state index is 4.50. The maximum absolute atomic E-state index is 4.50. The minimum Gasteiger partial charge on any atom is -0.333 e. The number of allylic oxidation sites excluding steroid dienone is 1. The van der Waals surface area contributed by atoms with Gasteiger partial charge in [-0.15, -0.1) is 0 Å². The molecule has 1 aliphatic rings. The van der Waals surface area contributed by atoms with Crippen LogP contribution < -0.4 is 5.73 Å². The number of hydrogen-bond donors (Lipinski definition) is 1. The van der Waals surface area contributed by atoms with Gasteiger partial charge in [0.25, 0.3) is 0 Å². The van der Waals surface area contributed by atoms with Crippen LogP contribution in [0.2, 0.25) is 0 Å². The second-order valence-electron chi connectivity index (χ2n) is 3.60. The highest BCUT2D eigenvalue weighted by Gasteiger charge is 2.22. The van der Waals surface area contributed by atoms with Crippen molar-refractivity contribution in [3.8, 4) is 0 Å². The van der Waals surface area contributed by atoms with E-state index in [2.05, 4.69) is 38.3 Å². The summed E-state index contributed by atoms with van der Waals surface area (Å²) >= 11 is 0. The molecule has 1 fully saturated rings. The molecule has 2 nitrogen and oxygen atoms in total. The molecule has 1 rings (SSSR count). The van der Waals surface area contributed by atoms with Gasteiger partial charge < -0.3 is 5.73 Å². The van der Waals surface area contributed by atoms with Gasteiger partial charge in [0.2, 0.25) is 0 Å². The van der Waals surface area contributed by atoms with E-state index in [0.717, 1.165) is 6.04 Å². The van der Waals surface area contributed by atoms with Gasteiger partial charge in [-0.25, -0.2) is 0 Å². The highest BCUT2D eigenvalue weighted by molar-refractivity contribution is 5.20. The fourth-order valence-electron chi connectivity index (χ4n) is 1.13. The van der Waals surface area contributed by atoms with Crippen LogP contribution in [0.5, 0.6) is 0 Å². The summed E-state index contributed by atoms with van der Waals surface area (Å²) in [5.74, 6) is 0. The Balaban J connectivity index is 0.000000561. The molecule has 72 valence electrons. The Hall–Kier alpha value is -0.340. The Morgan fingerprint density at radius 1 is 1.25 bits per heavy atom. The van der Waals surface area contributed by atoms with Crippen LogP contribution in [0.25, 0.3) is 0 Å². The van der Waals surface area contributed by atoms with E-state index >= 15 is 0 Å². The summed E-state index contributed by atoms with van der Waals surface area (Å²) in [6.45, 7) is 11.3. The van der Waals surface area contributed by atoms with Gasteiger partial charge in [0.05, 0.1) is 0 Å². The van der Waals surface area contributed by atoms with Gasteiger partial charge >= 0.3 is 0 Å². The van der Waals surface area contributed by atoms with Crippen LogP contribution in [-0.4, -0.2) is 31.1 Å². The minimum absolute atomic E-state index is 0.725. The monoisotopic (exact) mass is 170 g/mol. The summed E-state index contributed by atoms with van der Waals surface area (Å²) in [5, 5.41) is 0. The number of likely N-dealkylation sites (tertiary alicyclic amines) is 1. The van der Waals surface area contributed by atoms with E-state index < -0.39 is 0 Å². The zero-order chi connectivity index (χ0) is 9.72. The molecule has 0 unspecified atom stereocenters. The second-order valence-corrected chi connectivity index (χ2v) is 3.60. The lowest BCUT2D eigenvalue weighted by Crippen LogP contribution is -2.44. The van der Waals surface area contributed by atoms with Gasteiger partial charge in [0, 0.05) is 19.1 Å². The van der Waals surface area contributed by atoms with E-state index in [4.69, 9.17) is 0 Å². The fourth-order valence-corrected chi connectivity index (χ4v) is 1.13. The van der Waals surface area contributed by atoms with Crippen LogP contribution in [0.4, 0.5) is 0 Å². The van der Waals surface area contributed by atoms with Crippen molar-refractivity contribution in [2.24, 2.45) is 5.73 Å². The molecule has 0 amide bonds. The molecule has 1 saturated heterocycles. The molecule has 0 aromatic heterocycles. The Bertz CT molecular complexity index is 147. The van der Waals surface area contributed by atoms with Gasteiger partial charge in [-0.2, -0.15) is 0 Å². The first-order valence-electron chi connectivity index (χ1n) is 4.58. The van der Waals surface area contributed by atoms with Crippen molar-refractivity contribution in [2.45, 2.75) is 33.7 Å². The molecule has 12 heavy (non-hydrogen) atoms. The molecule has 0 aliphatic carbocycles. The van der Waals surface area contributed by atoms with Crippen LogP contribution in [0.3, 0.4) is 0 Å². The van der Waals surface area contributed by atoms with Crippen LogP contribution in [0.1, 0.15) is 27.7 Å². The van der Waals surface area contributed by atoms with E-state index in [1.54, 1.807) is 5.57 Å². The molecule has 0 spiro atoms. The zero-order valence-corrected chi connectivity index (χ0v) is 9.02. The normalized spacial score (nSPS) is 16.8. The predicted octanol–water partition coefficient (Wildman–Crippen LogP) is 1.62. The summed E-state index contributed by atoms with van der Waals surface area (Å²) in [5.41, 5.74) is 7.64. The molecule has 0 aromatic carbocycles. The average molecular weight is 170 g/mol. The Kier molecular flexibility index (Phi) is 5.18. The van der Waals surface area contributed by atoms with E-state index in [0.29, 0.717) is 0 Å². The second kappa shape index (κ2) is 5.33. The third-order valence-electron chi connectivity index (χ3n) is 2.23. The average Bonchev–Trinajstić information content (AvgIpc) is 1.86. The van der Waals surface area contributed by atoms with Gasteiger partial charge in [-0.05, 0) is 40.3 Å². The fraction of sp³-hybridized carbons (Fsp3) is 0.800. The maximum Gasteiger partial charge on any atom is 0.0214 e. The van der Waals surface area contributed by atoms with E-state index in [1.807, 2.05) is 0 Å². The molecule has 2 N–H and O–H groups in total. The molecular formula is C10H22N2. The molecule has 1 heterocycles. The van der Waals surface area contributed by atoms with Crippen LogP contribution in [-0.2, 0) is 0 Å². The Morgan fingerprint density at radius 3 is 1.92 bits per heavy atom. The molecule has 2 heteroatoms. The smallest absolute Gasteiger partial charge is 0.0214 e. The molecule has 0 atom stereocenters. The first-order valence-corrected chi connectivity index (χ1v) is 4.58. The molecule has 1 aliphatic heterocycles. The summed E-state index contributed by atoms with van der Waals surface area (Å²) in [6, 6.07) is 0.725. The van der Waals surface area contributed by atoms with E-state index in [9.17, 15) is 0 Å². The standard InChI is InChI=1S/C9H17N.CH5N/c1-7(2)9-5-10(6-9)8(3)4;1-2/h8H,5-6H2,1-4H3;2H2,1H3. The summed E-state index contributed by atoms with van der Waals surface area (Å²) < 4.78 is 0. The lowest BCUT2D eigenvalue weighted by molar-refractivity contribution is 0.197. The summed E-state index contributed by atoms with van der Waals surface area (Å²) in [7, 11) is 1.50. The Morgan fingerprint density at radius 2 is 1.67 bits per heavy atom. The summed E-state index contributed by atoms with van der Waals surface area (Å²) in [6.07, 6.45) is 0. The van der Waals surface area contributed by atoms with Crippen molar-refractivity contribution >= 4 is 0 Å². The van der Waals surface area contributed by atoms with Crippen molar-refractivity contribution in [3.63, 3.8) is 0 Å². The number of nitrogens with two attached hydrogens (primary N) is 1. The quantitative estimate of drug-likeness (QED) is 0.606. The van der Waals surface area contributed by atoms with Gasteiger partial charge in [-0.3, -0.25) is 4.90 Å². The first kappa shape index (κ1) is 11.7. The van der Waals surface area contributed by atoms with E-state index in [-0.39, 0.29) is 0 Å². The van der Waals surface area contributed by atoms with Crippen molar-refractivity contribution in [1.82, 2.24) is 4.90 Å². The number of nitrogens with zero attached hydrogens (tertiary/aromatic N) is 1. The lowest BCUT2D eigenvalue weighted by atomic mass is 10.0. The van der Waals surface area contributed by atoms with Crippen molar-refractivity contribution in [1.29, 1.82) is 0 Å². The highest BCUT2D eigenvalue weighted by atomic mass is 15.2. The van der Waals surface area contributed by atoms with Crippen molar-refractivity contribution in [3.05, 3.63) is 11.1 Å². The van der Waals surface area contributed by atoms with Gasteiger partial charge in [0.1, 0.15) is 0 Å². The zero-order valence-electron chi connectivity index (χ0n) is 9.02. The first-order chi connectivity index (χ1) is 5.61. The van der Waals surface area contributed by atoms with Gasteiger partial charge in [0.15, 0.2) is 0 Å². The third-order valence-corrected chi connectivity index (χ3v) is 2.23. The molecule has 0 bridgehead atoms. The SMILES string of the molecule is CC(C)=C1CN(C(C)C)C1.CN. The third kappa shape index (κ3) is 2.95. The topological polar surface area (TPSA) is 29.3 Å². The summed E-state index contributed by atoms with van der Waals surface area (Å²) in [4.78, 5) is 2.47. The van der Waals surface area contributed by atoms with Crippen molar-refractivity contribution < 1.29 is 0 Å². The van der Waals surface area contributed by atoms with Crippen LogP contribution >= 0.6 is 0 Å². The van der Waals surface area contributed by atoms with E-state index in [1.165, 1.54) is 25.7 Å². The van der Waals surface area contributed by atoms with Crippen LogP contribution in [0, 0.1) is 0 Å². The molecule has 0 saturated carbocycles. The molecular weight excluding hydrogens is 148 g/mol. The number of rotatable bonds is 1. The lowest BCUT2D eigenvalue weighted by Gasteiger charge is -2.38. The molecule has 0 radical (unpaired) electrons. The van der Waals surface area contributed by atoms with Crippen LogP contribution in [0.15, 0.2) is 11.1 Å². The number of hydrogen-bond acceptors (Lipinski definition) is 2. The van der Waals surface area contributed by atoms with Crippen molar-refractivity contribution in [2.75, 3.05) is 20.1 Å². The largest absolute Gasteiger partial charge is 0.333 e.